The van der Waals surface area contributed by atoms with E-state index in [0.717, 1.165) is 6.54 Å². The number of hydrogen-bond donors (Lipinski definition) is 0. The summed E-state index contributed by atoms with van der Waals surface area (Å²) in [5.74, 6) is 0.514. The first kappa shape index (κ1) is 14.5. The minimum Gasteiger partial charge on any atom is -0.461 e. The van der Waals surface area contributed by atoms with E-state index in [1.165, 1.54) is 0 Å². The fourth-order valence-electron chi connectivity index (χ4n) is 2.42. The molecule has 0 N–H and O–H groups in total. The van der Waals surface area contributed by atoms with E-state index in [0.29, 0.717) is 25.5 Å². The molecule has 0 spiro atoms. The van der Waals surface area contributed by atoms with Gasteiger partial charge in [-0.3, -0.25) is 14.5 Å². The molecule has 0 amide bonds. The number of nitrogens with zero attached hydrogens (tertiary/aromatic N) is 1. The molecule has 98 valence electrons. The Balaban J connectivity index is 2.54. The third kappa shape index (κ3) is 3.96. The Hall–Kier alpha value is -0.610. The normalized spacial score (nSPS) is 25.9. The van der Waals surface area contributed by atoms with Crippen LogP contribution in [-0.2, 0) is 14.3 Å². The molecule has 0 aliphatic carbocycles. The molecular formula is C12H20ClNO3. The number of rotatable bonds is 6. The van der Waals surface area contributed by atoms with Crippen molar-refractivity contribution < 1.29 is 14.3 Å². The van der Waals surface area contributed by atoms with Crippen LogP contribution in [0.2, 0.25) is 0 Å². The Kier molecular flexibility index (Phi) is 4.95. The molecule has 0 aromatic rings. The average molecular weight is 262 g/mol. The van der Waals surface area contributed by atoms with Gasteiger partial charge in [-0.2, -0.15) is 0 Å². The van der Waals surface area contributed by atoms with Gasteiger partial charge in [-0.1, -0.05) is 6.92 Å². The molecule has 1 heterocycles. The molecule has 0 radical (unpaired) electrons. The second-order valence-corrected chi connectivity index (χ2v) is 5.62. The first-order valence-electron chi connectivity index (χ1n) is 5.82. The van der Waals surface area contributed by atoms with Crippen molar-refractivity contribution in [3.05, 3.63) is 0 Å². The van der Waals surface area contributed by atoms with Gasteiger partial charge in [-0.05, 0) is 19.8 Å². The van der Waals surface area contributed by atoms with Crippen molar-refractivity contribution >= 4 is 23.9 Å². The van der Waals surface area contributed by atoms with E-state index in [1.807, 2.05) is 13.8 Å². The smallest absolute Gasteiger partial charge is 0.293 e. The standard InChI is InChI=1S/C12H20ClNO3/c1-9-5-14(6-10(9)11(16)4-13)7-12(2,3)17-8-15/h8-10H,4-7H2,1-3H3/t9-,10-/m1/s1. The molecule has 2 atom stereocenters. The summed E-state index contributed by atoms with van der Waals surface area (Å²) >= 11 is 5.59. The monoisotopic (exact) mass is 261 g/mol. The zero-order chi connectivity index (χ0) is 13.1. The summed E-state index contributed by atoms with van der Waals surface area (Å²) in [7, 11) is 0. The number of halogens is 1. The van der Waals surface area contributed by atoms with Crippen LogP contribution in [-0.4, -0.2) is 48.3 Å². The van der Waals surface area contributed by atoms with E-state index < -0.39 is 5.60 Å². The average Bonchev–Trinajstić information content (AvgIpc) is 2.57. The molecule has 0 unspecified atom stereocenters. The van der Waals surface area contributed by atoms with Crippen molar-refractivity contribution in [3.63, 3.8) is 0 Å². The number of carbonyl (C=O) groups is 2. The summed E-state index contributed by atoms with van der Waals surface area (Å²) in [6.07, 6.45) is 0. The number of Topliss-reactive ketones (excluding diaryl/α,β-unsaturated/α-hetero) is 1. The highest BCUT2D eigenvalue weighted by Gasteiger charge is 2.36. The van der Waals surface area contributed by atoms with Gasteiger partial charge < -0.3 is 4.74 Å². The highest BCUT2D eigenvalue weighted by atomic mass is 35.5. The Morgan fingerprint density at radius 1 is 1.53 bits per heavy atom. The highest BCUT2D eigenvalue weighted by Crippen LogP contribution is 2.26. The zero-order valence-corrected chi connectivity index (χ0v) is 11.4. The van der Waals surface area contributed by atoms with E-state index >= 15 is 0 Å². The first-order valence-corrected chi connectivity index (χ1v) is 6.35. The number of ether oxygens (including phenoxy) is 1. The predicted octanol–water partition coefficient (Wildman–Crippen LogP) is 1.31. The van der Waals surface area contributed by atoms with E-state index in [9.17, 15) is 9.59 Å². The summed E-state index contributed by atoms with van der Waals surface area (Å²) in [5.41, 5.74) is -0.514. The van der Waals surface area contributed by atoms with Crippen molar-refractivity contribution in [1.82, 2.24) is 4.90 Å². The van der Waals surface area contributed by atoms with Crippen LogP contribution in [0.4, 0.5) is 0 Å². The predicted molar refractivity (Wildman–Crippen MR) is 66.0 cm³/mol. The number of likely N-dealkylation sites (tertiary alicyclic amines) is 1. The fraction of sp³-hybridized carbons (Fsp3) is 0.833. The third-order valence-corrected chi connectivity index (χ3v) is 3.47. The van der Waals surface area contributed by atoms with Crippen LogP contribution in [0.3, 0.4) is 0 Å². The van der Waals surface area contributed by atoms with Gasteiger partial charge in [0.05, 0.1) is 5.88 Å². The molecule has 1 rings (SSSR count). The molecule has 0 aromatic heterocycles. The van der Waals surface area contributed by atoms with Crippen LogP contribution >= 0.6 is 11.6 Å². The molecule has 1 aliphatic rings. The lowest BCUT2D eigenvalue weighted by Crippen LogP contribution is -2.40. The fourth-order valence-corrected chi connectivity index (χ4v) is 2.62. The Labute approximate surface area is 107 Å². The van der Waals surface area contributed by atoms with Crippen LogP contribution in [0.1, 0.15) is 20.8 Å². The van der Waals surface area contributed by atoms with E-state index in [-0.39, 0.29) is 17.6 Å². The molecular weight excluding hydrogens is 242 g/mol. The lowest BCUT2D eigenvalue weighted by Gasteiger charge is -2.28. The van der Waals surface area contributed by atoms with E-state index in [2.05, 4.69) is 11.8 Å². The summed E-state index contributed by atoms with van der Waals surface area (Å²) in [5, 5.41) is 0. The molecule has 1 saturated heterocycles. The molecule has 4 nitrogen and oxygen atoms in total. The molecule has 1 fully saturated rings. The molecule has 0 aromatic carbocycles. The number of alkyl halides is 1. The summed E-state index contributed by atoms with van der Waals surface area (Å²) < 4.78 is 5.02. The molecule has 0 saturated carbocycles. The zero-order valence-electron chi connectivity index (χ0n) is 10.6. The maximum Gasteiger partial charge on any atom is 0.293 e. The van der Waals surface area contributed by atoms with Gasteiger partial charge >= 0.3 is 0 Å². The van der Waals surface area contributed by atoms with Gasteiger partial charge in [0.15, 0.2) is 5.78 Å². The Morgan fingerprint density at radius 3 is 2.71 bits per heavy atom. The van der Waals surface area contributed by atoms with Crippen molar-refractivity contribution in [2.45, 2.75) is 26.4 Å². The number of ketones is 1. The summed E-state index contributed by atoms with van der Waals surface area (Å²) in [4.78, 5) is 24.1. The van der Waals surface area contributed by atoms with Crippen molar-refractivity contribution in [3.8, 4) is 0 Å². The van der Waals surface area contributed by atoms with Crippen LogP contribution in [0.5, 0.6) is 0 Å². The van der Waals surface area contributed by atoms with E-state index in [4.69, 9.17) is 16.3 Å². The summed E-state index contributed by atoms with van der Waals surface area (Å²) in [6, 6.07) is 0. The SMILES string of the molecule is C[C@@H]1CN(CC(C)(C)OC=O)C[C@H]1C(=O)CCl. The quantitative estimate of drug-likeness (QED) is 0.534. The Bertz CT molecular complexity index is 293. The van der Waals surface area contributed by atoms with Gasteiger partial charge in [0.1, 0.15) is 5.60 Å². The molecule has 0 bridgehead atoms. The Morgan fingerprint density at radius 2 is 2.18 bits per heavy atom. The van der Waals surface area contributed by atoms with Gasteiger partial charge in [0.2, 0.25) is 0 Å². The minimum absolute atomic E-state index is 0.0135. The number of hydrogen-bond acceptors (Lipinski definition) is 4. The van der Waals surface area contributed by atoms with Crippen LogP contribution in [0.25, 0.3) is 0 Å². The van der Waals surface area contributed by atoms with Gasteiger partial charge in [0.25, 0.3) is 6.47 Å². The second kappa shape index (κ2) is 5.83. The van der Waals surface area contributed by atoms with Gasteiger partial charge in [0, 0.05) is 25.6 Å². The largest absolute Gasteiger partial charge is 0.461 e. The minimum atomic E-state index is -0.514. The van der Waals surface area contributed by atoms with Crippen molar-refractivity contribution in [1.29, 1.82) is 0 Å². The van der Waals surface area contributed by atoms with E-state index in [1.54, 1.807) is 0 Å². The lowest BCUT2D eigenvalue weighted by molar-refractivity contribution is -0.141. The van der Waals surface area contributed by atoms with Gasteiger partial charge in [-0.25, -0.2) is 0 Å². The van der Waals surface area contributed by atoms with Crippen molar-refractivity contribution in [2.75, 3.05) is 25.5 Å². The van der Waals surface area contributed by atoms with Crippen LogP contribution in [0, 0.1) is 11.8 Å². The third-order valence-electron chi connectivity index (χ3n) is 3.20. The lowest BCUT2D eigenvalue weighted by atomic mass is 9.95. The van der Waals surface area contributed by atoms with Gasteiger partial charge in [-0.15, -0.1) is 11.6 Å². The second-order valence-electron chi connectivity index (χ2n) is 5.35. The van der Waals surface area contributed by atoms with Crippen LogP contribution in [0.15, 0.2) is 0 Å². The number of carbonyl (C=O) groups excluding carboxylic acids is 2. The maximum absolute atomic E-state index is 11.6. The summed E-state index contributed by atoms with van der Waals surface area (Å²) in [6.45, 7) is 8.45. The topological polar surface area (TPSA) is 46.6 Å². The first-order chi connectivity index (χ1) is 7.89. The van der Waals surface area contributed by atoms with Crippen LogP contribution < -0.4 is 0 Å². The highest BCUT2D eigenvalue weighted by molar-refractivity contribution is 6.27. The maximum atomic E-state index is 11.6. The molecule has 17 heavy (non-hydrogen) atoms. The van der Waals surface area contributed by atoms with Crippen molar-refractivity contribution in [2.24, 2.45) is 11.8 Å². The molecule has 5 heteroatoms. The molecule has 1 aliphatic heterocycles.